The normalized spacial score (nSPS) is 10.9. The van der Waals surface area contributed by atoms with E-state index in [0.29, 0.717) is 5.15 Å². The van der Waals surface area contributed by atoms with Gasteiger partial charge >= 0.3 is 0 Å². The SMILES string of the molecule is Cc1nc(Cl)ccc1NCc1cn(C)c2ccccc12. The number of hydrogen-bond donors (Lipinski definition) is 1. The third-order valence-electron chi connectivity index (χ3n) is 3.50. The highest BCUT2D eigenvalue weighted by Crippen LogP contribution is 2.22. The summed E-state index contributed by atoms with van der Waals surface area (Å²) in [4.78, 5) is 4.25. The maximum atomic E-state index is 5.87. The fraction of sp³-hybridized carbons (Fsp3) is 0.188. The number of para-hydroxylation sites is 1. The van der Waals surface area contributed by atoms with Gasteiger partial charge in [0.25, 0.3) is 0 Å². The van der Waals surface area contributed by atoms with Crippen LogP contribution in [-0.4, -0.2) is 9.55 Å². The van der Waals surface area contributed by atoms with E-state index >= 15 is 0 Å². The third kappa shape index (κ3) is 2.37. The van der Waals surface area contributed by atoms with Crippen molar-refractivity contribution in [2.45, 2.75) is 13.5 Å². The summed E-state index contributed by atoms with van der Waals surface area (Å²) in [5, 5.41) is 5.23. The number of pyridine rings is 1. The van der Waals surface area contributed by atoms with E-state index in [0.717, 1.165) is 17.9 Å². The maximum absolute atomic E-state index is 5.87. The highest BCUT2D eigenvalue weighted by molar-refractivity contribution is 6.29. The lowest BCUT2D eigenvalue weighted by atomic mass is 10.1. The molecule has 20 heavy (non-hydrogen) atoms. The summed E-state index contributed by atoms with van der Waals surface area (Å²) in [5.41, 5.74) is 4.45. The lowest BCUT2D eigenvalue weighted by Gasteiger charge is -2.08. The van der Waals surface area contributed by atoms with Crippen LogP contribution in [0.2, 0.25) is 5.15 Å². The van der Waals surface area contributed by atoms with Crippen LogP contribution in [-0.2, 0) is 13.6 Å². The first-order chi connectivity index (χ1) is 9.65. The summed E-state index contributed by atoms with van der Waals surface area (Å²) in [6.07, 6.45) is 2.16. The Labute approximate surface area is 123 Å². The van der Waals surface area contributed by atoms with Crippen LogP contribution >= 0.6 is 11.6 Å². The number of nitrogens with zero attached hydrogens (tertiary/aromatic N) is 2. The molecule has 3 nitrogen and oxygen atoms in total. The van der Waals surface area contributed by atoms with Crippen LogP contribution in [0.4, 0.5) is 5.69 Å². The van der Waals surface area contributed by atoms with E-state index < -0.39 is 0 Å². The van der Waals surface area contributed by atoms with Crippen molar-refractivity contribution >= 4 is 28.2 Å². The van der Waals surface area contributed by atoms with Crippen LogP contribution < -0.4 is 5.32 Å². The minimum absolute atomic E-state index is 0.526. The Hall–Kier alpha value is -2.00. The molecule has 0 aliphatic carbocycles. The van der Waals surface area contributed by atoms with Crippen molar-refractivity contribution in [3.05, 3.63) is 59.0 Å². The molecule has 0 aliphatic heterocycles. The topological polar surface area (TPSA) is 29.9 Å². The second-order valence-corrected chi connectivity index (χ2v) is 5.29. The zero-order valence-electron chi connectivity index (χ0n) is 11.5. The van der Waals surface area contributed by atoms with Crippen molar-refractivity contribution in [2.75, 3.05) is 5.32 Å². The number of halogens is 1. The summed E-state index contributed by atoms with van der Waals surface area (Å²) < 4.78 is 2.15. The first-order valence-corrected chi connectivity index (χ1v) is 6.93. The van der Waals surface area contributed by atoms with Gasteiger partial charge in [-0.2, -0.15) is 0 Å². The number of anilines is 1. The van der Waals surface area contributed by atoms with Gasteiger partial charge in [0.2, 0.25) is 0 Å². The van der Waals surface area contributed by atoms with Crippen molar-refractivity contribution in [3.8, 4) is 0 Å². The van der Waals surface area contributed by atoms with E-state index in [2.05, 4.69) is 52.4 Å². The number of nitrogens with one attached hydrogen (secondary N) is 1. The Morgan fingerprint density at radius 2 is 2.00 bits per heavy atom. The average molecular weight is 286 g/mol. The van der Waals surface area contributed by atoms with Crippen molar-refractivity contribution in [1.82, 2.24) is 9.55 Å². The lowest BCUT2D eigenvalue weighted by molar-refractivity contribution is 0.955. The Morgan fingerprint density at radius 1 is 1.20 bits per heavy atom. The quantitative estimate of drug-likeness (QED) is 0.733. The molecule has 0 amide bonds. The fourth-order valence-corrected chi connectivity index (χ4v) is 2.66. The van der Waals surface area contributed by atoms with Gasteiger partial charge in [-0.25, -0.2) is 4.98 Å². The van der Waals surface area contributed by atoms with E-state index in [1.807, 2.05) is 13.0 Å². The highest BCUT2D eigenvalue weighted by Gasteiger charge is 2.06. The molecule has 4 heteroatoms. The zero-order valence-corrected chi connectivity index (χ0v) is 12.3. The van der Waals surface area contributed by atoms with E-state index in [9.17, 15) is 0 Å². The monoisotopic (exact) mass is 285 g/mol. The van der Waals surface area contributed by atoms with Crippen molar-refractivity contribution in [2.24, 2.45) is 7.05 Å². The Balaban J connectivity index is 1.87. The van der Waals surface area contributed by atoms with Crippen LogP contribution in [0.5, 0.6) is 0 Å². The molecular formula is C16H16ClN3. The molecule has 3 aromatic rings. The van der Waals surface area contributed by atoms with Crippen LogP contribution in [0.25, 0.3) is 10.9 Å². The van der Waals surface area contributed by atoms with Gasteiger partial charge in [-0.15, -0.1) is 0 Å². The Kier molecular flexibility index (Phi) is 3.36. The van der Waals surface area contributed by atoms with Gasteiger partial charge in [0.05, 0.1) is 11.4 Å². The predicted octanol–water partition coefficient (Wildman–Crippen LogP) is 4.15. The summed E-state index contributed by atoms with van der Waals surface area (Å²) in [7, 11) is 2.07. The minimum atomic E-state index is 0.526. The third-order valence-corrected chi connectivity index (χ3v) is 3.71. The van der Waals surface area contributed by atoms with Gasteiger partial charge in [0, 0.05) is 30.7 Å². The van der Waals surface area contributed by atoms with Crippen LogP contribution in [0.3, 0.4) is 0 Å². The van der Waals surface area contributed by atoms with Gasteiger partial charge in [-0.1, -0.05) is 29.8 Å². The standard InChI is InChI=1S/C16H16ClN3/c1-11-14(7-8-16(17)19-11)18-9-12-10-20(2)15-6-4-3-5-13(12)15/h3-8,10,18H,9H2,1-2H3. The number of benzene rings is 1. The molecule has 2 aromatic heterocycles. The molecule has 1 aromatic carbocycles. The van der Waals surface area contributed by atoms with Gasteiger partial charge in [0.15, 0.2) is 0 Å². The first kappa shape index (κ1) is 13.0. The number of rotatable bonds is 3. The molecule has 0 radical (unpaired) electrons. The van der Waals surface area contributed by atoms with Crippen molar-refractivity contribution < 1.29 is 0 Å². The smallest absolute Gasteiger partial charge is 0.129 e. The number of hydrogen-bond acceptors (Lipinski definition) is 2. The van der Waals surface area contributed by atoms with Crippen molar-refractivity contribution in [3.63, 3.8) is 0 Å². The molecule has 0 fully saturated rings. The van der Waals surface area contributed by atoms with Crippen LogP contribution in [0.1, 0.15) is 11.3 Å². The fourth-order valence-electron chi connectivity index (χ4n) is 2.47. The van der Waals surface area contributed by atoms with Crippen molar-refractivity contribution in [1.29, 1.82) is 0 Å². The molecule has 1 N–H and O–H groups in total. The molecule has 0 atom stereocenters. The molecule has 0 bridgehead atoms. The highest BCUT2D eigenvalue weighted by atomic mass is 35.5. The second-order valence-electron chi connectivity index (χ2n) is 4.90. The Morgan fingerprint density at radius 3 is 2.80 bits per heavy atom. The Bertz CT molecular complexity index is 762. The van der Waals surface area contributed by atoms with Gasteiger partial charge < -0.3 is 9.88 Å². The summed E-state index contributed by atoms with van der Waals surface area (Å²) in [5.74, 6) is 0. The van der Waals surface area contributed by atoms with Gasteiger partial charge in [0.1, 0.15) is 5.15 Å². The maximum Gasteiger partial charge on any atom is 0.129 e. The molecule has 0 saturated carbocycles. The van der Waals surface area contributed by atoms with E-state index in [1.165, 1.54) is 16.5 Å². The molecule has 3 rings (SSSR count). The molecular weight excluding hydrogens is 270 g/mol. The minimum Gasteiger partial charge on any atom is -0.379 e. The zero-order chi connectivity index (χ0) is 14.1. The van der Waals surface area contributed by atoms with Gasteiger partial charge in [-0.05, 0) is 30.7 Å². The summed E-state index contributed by atoms with van der Waals surface area (Å²) >= 11 is 5.87. The predicted molar refractivity (Wildman–Crippen MR) is 84.2 cm³/mol. The van der Waals surface area contributed by atoms with Crippen LogP contribution in [0, 0.1) is 6.92 Å². The van der Waals surface area contributed by atoms with E-state index in [4.69, 9.17) is 11.6 Å². The molecule has 102 valence electrons. The lowest BCUT2D eigenvalue weighted by Crippen LogP contribution is -2.01. The molecule has 0 spiro atoms. The number of aromatic nitrogens is 2. The summed E-state index contributed by atoms with van der Waals surface area (Å²) in [6.45, 7) is 2.73. The van der Waals surface area contributed by atoms with E-state index in [1.54, 1.807) is 6.07 Å². The molecule has 0 aliphatic rings. The summed E-state index contributed by atoms with van der Waals surface area (Å²) in [6, 6.07) is 12.2. The molecule has 0 saturated heterocycles. The number of fused-ring (bicyclic) bond motifs is 1. The van der Waals surface area contributed by atoms with Gasteiger partial charge in [-0.3, -0.25) is 0 Å². The second kappa shape index (κ2) is 5.17. The first-order valence-electron chi connectivity index (χ1n) is 6.55. The molecule has 0 unspecified atom stereocenters. The van der Waals surface area contributed by atoms with E-state index in [-0.39, 0.29) is 0 Å². The number of aryl methyl sites for hydroxylation is 2. The van der Waals surface area contributed by atoms with Crippen LogP contribution in [0.15, 0.2) is 42.6 Å². The molecule has 2 heterocycles. The average Bonchev–Trinajstić information content (AvgIpc) is 2.75. The largest absolute Gasteiger partial charge is 0.379 e.